The summed E-state index contributed by atoms with van der Waals surface area (Å²) < 4.78 is 7.00. The van der Waals surface area contributed by atoms with Gasteiger partial charge in [-0.2, -0.15) is 10.4 Å². The van der Waals surface area contributed by atoms with E-state index in [0.717, 1.165) is 17.0 Å². The number of aryl methyl sites for hydroxylation is 2. The lowest BCUT2D eigenvalue weighted by Crippen LogP contribution is -2.04. The molecule has 0 atom stereocenters. The minimum absolute atomic E-state index is 0.265. The Morgan fingerprint density at radius 2 is 2.00 bits per heavy atom. The summed E-state index contributed by atoms with van der Waals surface area (Å²) >= 11 is 0. The second kappa shape index (κ2) is 8.84. The van der Waals surface area contributed by atoms with Gasteiger partial charge in [-0.05, 0) is 38.8 Å². The molecule has 25 heavy (non-hydrogen) atoms. The molecule has 130 valence electrons. The summed E-state index contributed by atoms with van der Waals surface area (Å²) in [7, 11) is 0. The van der Waals surface area contributed by atoms with Gasteiger partial charge >= 0.3 is 5.97 Å². The molecule has 5 heteroatoms. The fraction of sp³-hybridized carbons (Fsp3) is 0.350. The van der Waals surface area contributed by atoms with E-state index in [1.807, 2.05) is 24.6 Å². The van der Waals surface area contributed by atoms with E-state index >= 15 is 0 Å². The molecule has 2 aromatic rings. The first-order valence-electron chi connectivity index (χ1n) is 8.32. The van der Waals surface area contributed by atoms with Gasteiger partial charge < -0.3 is 4.74 Å². The highest BCUT2D eigenvalue weighted by atomic mass is 16.5. The van der Waals surface area contributed by atoms with Crippen LogP contribution in [0.15, 0.2) is 30.3 Å². The Bertz CT molecular complexity index is 796. The Morgan fingerprint density at radius 3 is 2.68 bits per heavy atom. The predicted molar refractivity (Wildman–Crippen MR) is 96.8 cm³/mol. The zero-order valence-corrected chi connectivity index (χ0v) is 15.0. The minimum Gasteiger partial charge on any atom is -0.462 e. The van der Waals surface area contributed by atoms with Crippen molar-refractivity contribution in [2.75, 3.05) is 6.61 Å². The molecule has 0 saturated carbocycles. The molecule has 1 heterocycles. The summed E-state index contributed by atoms with van der Waals surface area (Å²) in [6.07, 6.45) is 4.11. The second-order valence-corrected chi connectivity index (χ2v) is 5.99. The first-order valence-corrected chi connectivity index (χ1v) is 8.32. The van der Waals surface area contributed by atoms with Gasteiger partial charge in [0.05, 0.1) is 24.9 Å². The third-order valence-electron chi connectivity index (χ3n) is 3.95. The first kappa shape index (κ1) is 18.5. The van der Waals surface area contributed by atoms with E-state index in [2.05, 4.69) is 36.3 Å². The van der Waals surface area contributed by atoms with Crippen LogP contribution < -0.4 is 0 Å². The van der Waals surface area contributed by atoms with E-state index in [0.29, 0.717) is 19.4 Å². The Labute approximate surface area is 148 Å². The SMILES string of the molecule is Cc1ccc(Cn2nc(C)c(/C=C/C(=O)OCCCC#N)c2C)cc1. The molecule has 2 rings (SSSR count). The molecule has 0 aliphatic rings. The summed E-state index contributed by atoms with van der Waals surface area (Å²) in [6.45, 7) is 6.94. The van der Waals surface area contributed by atoms with Crippen LogP contribution in [0.25, 0.3) is 6.08 Å². The van der Waals surface area contributed by atoms with Gasteiger partial charge in [-0.15, -0.1) is 0 Å². The quantitative estimate of drug-likeness (QED) is 0.439. The van der Waals surface area contributed by atoms with E-state index in [4.69, 9.17) is 10.00 Å². The van der Waals surface area contributed by atoms with Crippen molar-refractivity contribution in [3.8, 4) is 6.07 Å². The van der Waals surface area contributed by atoms with Crippen molar-refractivity contribution in [1.82, 2.24) is 9.78 Å². The Morgan fingerprint density at radius 1 is 1.28 bits per heavy atom. The third kappa shape index (κ3) is 5.32. The molecule has 1 aromatic carbocycles. The van der Waals surface area contributed by atoms with Crippen LogP contribution in [-0.4, -0.2) is 22.4 Å². The number of ether oxygens (including phenoxy) is 1. The van der Waals surface area contributed by atoms with Gasteiger partial charge in [0.25, 0.3) is 0 Å². The van der Waals surface area contributed by atoms with Gasteiger partial charge in [-0.3, -0.25) is 4.68 Å². The average molecular weight is 337 g/mol. The van der Waals surface area contributed by atoms with Gasteiger partial charge in [-0.1, -0.05) is 29.8 Å². The first-order chi connectivity index (χ1) is 12.0. The topological polar surface area (TPSA) is 67.9 Å². The van der Waals surface area contributed by atoms with Gasteiger partial charge in [-0.25, -0.2) is 4.79 Å². The molecule has 0 amide bonds. The lowest BCUT2D eigenvalue weighted by Gasteiger charge is -2.05. The molecule has 0 radical (unpaired) electrons. The van der Waals surface area contributed by atoms with Gasteiger partial charge in [0.1, 0.15) is 0 Å². The minimum atomic E-state index is -0.400. The number of benzene rings is 1. The number of carbonyl (C=O) groups excluding carboxylic acids is 1. The van der Waals surface area contributed by atoms with Gasteiger partial charge in [0.2, 0.25) is 0 Å². The fourth-order valence-corrected chi connectivity index (χ4v) is 2.50. The van der Waals surface area contributed by atoms with E-state index in [1.165, 1.54) is 17.2 Å². The van der Waals surface area contributed by atoms with E-state index < -0.39 is 5.97 Å². The number of carbonyl (C=O) groups is 1. The van der Waals surface area contributed by atoms with Crippen LogP contribution in [0.1, 0.15) is 40.9 Å². The highest BCUT2D eigenvalue weighted by Crippen LogP contribution is 2.17. The van der Waals surface area contributed by atoms with Gasteiger partial charge in [0, 0.05) is 23.8 Å². The zero-order valence-electron chi connectivity index (χ0n) is 15.0. The molecule has 0 fully saturated rings. The van der Waals surface area contributed by atoms with Crippen LogP contribution in [0, 0.1) is 32.1 Å². The maximum absolute atomic E-state index is 11.7. The molecule has 0 aliphatic carbocycles. The van der Waals surface area contributed by atoms with Crippen LogP contribution in [0.5, 0.6) is 0 Å². The number of hydrogen-bond acceptors (Lipinski definition) is 4. The number of aromatic nitrogens is 2. The molecular formula is C20H23N3O2. The number of esters is 1. The maximum Gasteiger partial charge on any atom is 0.330 e. The highest BCUT2D eigenvalue weighted by Gasteiger charge is 2.10. The fourth-order valence-electron chi connectivity index (χ4n) is 2.50. The molecular weight excluding hydrogens is 314 g/mol. The van der Waals surface area contributed by atoms with Crippen molar-refractivity contribution in [2.24, 2.45) is 0 Å². The van der Waals surface area contributed by atoms with E-state index in [-0.39, 0.29) is 6.61 Å². The number of rotatable bonds is 7. The smallest absolute Gasteiger partial charge is 0.330 e. The Hall–Kier alpha value is -2.87. The zero-order chi connectivity index (χ0) is 18.2. The summed E-state index contributed by atoms with van der Waals surface area (Å²) in [5.41, 5.74) is 5.23. The van der Waals surface area contributed by atoms with Crippen LogP contribution in [0.2, 0.25) is 0 Å². The second-order valence-electron chi connectivity index (χ2n) is 5.99. The number of nitrogens with zero attached hydrogens (tertiary/aromatic N) is 3. The molecule has 1 aromatic heterocycles. The summed E-state index contributed by atoms with van der Waals surface area (Å²) in [6, 6.07) is 10.4. The number of unbranched alkanes of at least 4 members (excludes halogenated alkanes) is 1. The number of hydrogen-bond donors (Lipinski definition) is 0. The molecule has 0 bridgehead atoms. The monoisotopic (exact) mass is 337 g/mol. The predicted octanol–water partition coefficient (Wildman–Crippen LogP) is 3.72. The molecule has 0 saturated heterocycles. The standard InChI is InChI=1S/C20H23N3O2/c1-15-6-8-18(9-7-15)14-23-17(3)19(16(2)22-23)10-11-20(24)25-13-5-4-12-21/h6-11H,4-5,13-14H2,1-3H3/b11-10+. The van der Waals surface area contributed by atoms with Crippen LogP contribution in [0.4, 0.5) is 0 Å². The molecule has 0 unspecified atom stereocenters. The maximum atomic E-state index is 11.7. The average Bonchev–Trinajstić information content (AvgIpc) is 2.85. The summed E-state index contributed by atoms with van der Waals surface area (Å²) in [5.74, 6) is -0.400. The van der Waals surface area contributed by atoms with Crippen LogP contribution in [-0.2, 0) is 16.1 Å². The lowest BCUT2D eigenvalue weighted by molar-refractivity contribution is -0.137. The molecule has 0 spiro atoms. The van der Waals surface area contributed by atoms with Crippen LogP contribution >= 0.6 is 0 Å². The van der Waals surface area contributed by atoms with Crippen LogP contribution in [0.3, 0.4) is 0 Å². The molecule has 0 aliphatic heterocycles. The lowest BCUT2D eigenvalue weighted by atomic mass is 10.1. The number of nitriles is 1. The summed E-state index contributed by atoms with van der Waals surface area (Å²) in [5, 5.41) is 13.0. The Balaban J connectivity index is 2.03. The van der Waals surface area contributed by atoms with Crippen molar-refractivity contribution in [3.05, 3.63) is 58.4 Å². The van der Waals surface area contributed by atoms with E-state index in [1.54, 1.807) is 6.08 Å². The van der Waals surface area contributed by atoms with Gasteiger partial charge in [0.15, 0.2) is 0 Å². The van der Waals surface area contributed by atoms with Crippen molar-refractivity contribution < 1.29 is 9.53 Å². The normalized spacial score (nSPS) is 10.8. The van der Waals surface area contributed by atoms with E-state index in [9.17, 15) is 4.79 Å². The van der Waals surface area contributed by atoms with Crippen molar-refractivity contribution in [1.29, 1.82) is 5.26 Å². The van der Waals surface area contributed by atoms with Crippen molar-refractivity contribution in [2.45, 2.75) is 40.2 Å². The highest BCUT2D eigenvalue weighted by molar-refractivity contribution is 5.87. The largest absolute Gasteiger partial charge is 0.462 e. The van der Waals surface area contributed by atoms with Crippen molar-refractivity contribution in [3.63, 3.8) is 0 Å². The summed E-state index contributed by atoms with van der Waals surface area (Å²) in [4.78, 5) is 11.7. The van der Waals surface area contributed by atoms with Crippen molar-refractivity contribution >= 4 is 12.0 Å². The molecule has 0 N–H and O–H groups in total. The molecule has 5 nitrogen and oxygen atoms in total. The third-order valence-corrected chi connectivity index (χ3v) is 3.95. The Kier molecular flexibility index (Phi) is 6.53.